The first-order valence-electron chi connectivity index (χ1n) is 4.12. The van der Waals surface area contributed by atoms with Crippen LogP contribution in [0.5, 0.6) is 0 Å². The largest absolute Gasteiger partial charge is 0.368 e. The Morgan fingerprint density at radius 3 is 2.58 bits per heavy atom. The SMILES string of the molecule is CC(NCCNCCN)C(N)=O. The molecule has 1 amide bonds. The van der Waals surface area contributed by atoms with Gasteiger partial charge in [-0.25, -0.2) is 0 Å². The molecule has 5 nitrogen and oxygen atoms in total. The average Bonchev–Trinajstić information content (AvgIpc) is 2.03. The van der Waals surface area contributed by atoms with E-state index in [0.717, 1.165) is 19.6 Å². The summed E-state index contributed by atoms with van der Waals surface area (Å²) in [5, 5.41) is 6.05. The van der Waals surface area contributed by atoms with Crippen molar-refractivity contribution in [2.45, 2.75) is 13.0 Å². The van der Waals surface area contributed by atoms with Crippen molar-refractivity contribution >= 4 is 5.91 Å². The molecule has 6 N–H and O–H groups in total. The molecule has 1 unspecified atom stereocenters. The summed E-state index contributed by atoms with van der Waals surface area (Å²) in [6.07, 6.45) is 0. The van der Waals surface area contributed by atoms with E-state index in [2.05, 4.69) is 10.6 Å². The molecule has 0 saturated carbocycles. The molecule has 72 valence electrons. The first-order valence-corrected chi connectivity index (χ1v) is 4.12. The van der Waals surface area contributed by atoms with E-state index in [9.17, 15) is 4.79 Å². The second-order valence-corrected chi connectivity index (χ2v) is 2.62. The number of carbonyl (C=O) groups excluding carboxylic acids is 1. The lowest BCUT2D eigenvalue weighted by Crippen LogP contribution is -2.42. The monoisotopic (exact) mass is 174 g/mol. The fraction of sp³-hybridized carbons (Fsp3) is 0.857. The highest BCUT2D eigenvalue weighted by atomic mass is 16.1. The Morgan fingerprint density at radius 2 is 2.08 bits per heavy atom. The lowest BCUT2D eigenvalue weighted by Gasteiger charge is -2.09. The van der Waals surface area contributed by atoms with Gasteiger partial charge in [-0.2, -0.15) is 0 Å². The molecule has 0 aliphatic rings. The van der Waals surface area contributed by atoms with Crippen LogP contribution < -0.4 is 22.1 Å². The van der Waals surface area contributed by atoms with Crippen LogP contribution >= 0.6 is 0 Å². The van der Waals surface area contributed by atoms with Gasteiger partial charge in [-0.15, -0.1) is 0 Å². The zero-order chi connectivity index (χ0) is 9.40. The predicted octanol–water partition coefficient (Wildman–Crippen LogP) is -2.00. The fourth-order valence-corrected chi connectivity index (χ4v) is 0.705. The Balaban J connectivity index is 3.14. The second-order valence-electron chi connectivity index (χ2n) is 2.62. The topological polar surface area (TPSA) is 93.2 Å². The van der Waals surface area contributed by atoms with Crippen LogP contribution in [0.2, 0.25) is 0 Å². The number of amides is 1. The van der Waals surface area contributed by atoms with Gasteiger partial charge in [-0.3, -0.25) is 4.79 Å². The number of carbonyl (C=O) groups is 1. The summed E-state index contributed by atoms with van der Waals surface area (Å²) in [6.45, 7) is 4.70. The Kier molecular flexibility index (Phi) is 6.64. The quantitative estimate of drug-likeness (QED) is 0.336. The number of primary amides is 1. The summed E-state index contributed by atoms with van der Waals surface area (Å²) in [5.74, 6) is -0.325. The molecule has 0 bridgehead atoms. The van der Waals surface area contributed by atoms with E-state index in [1.807, 2.05) is 0 Å². The zero-order valence-electron chi connectivity index (χ0n) is 7.47. The first-order chi connectivity index (χ1) is 5.68. The van der Waals surface area contributed by atoms with Gasteiger partial charge in [-0.1, -0.05) is 0 Å². The van der Waals surface area contributed by atoms with Crippen LogP contribution in [-0.4, -0.2) is 38.1 Å². The number of rotatable bonds is 7. The lowest BCUT2D eigenvalue weighted by atomic mass is 10.3. The van der Waals surface area contributed by atoms with E-state index in [1.54, 1.807) is 6.92 Å². The Labute approximate surface area is 72.9 Å². The Morgan fingerprint density at radius 1 is 1.42 bits per heavy atom. The maximum absolute atomic E-state index is 10.5. The van der Waals surface area contributed by atoms with Gasteiger partial charge in [0, 0.05) is 26.2 Å². The maximum atomic E-state index is 10.5. The van der Waals surface area contributed by atoms with Crippen molar-refractivity contribution in [3.63, 3.8) is 0 Å². The predicted molar refractivity (Wildman–Crippen MR) is 48.6 cm³/mol. The minimum absolute atomic E-state index is 0.260. The van der Waals surface area contributed by atoms with Gasteiger partial charge >= 0.3 is 0 Å². The van der Waals surface area contributed by atoms with Crippen LogP contribution in [0.3, 0.4) is 0 Å². The standard InChI is InChI=1S/C7H18N4O/c1-6(7(9)12)11-5-4-10-3-2-8/h6,10-11H,2-5,8H2,1H3,(H2,9,12). The summed E-state index contributed by atoms with van der Waals surface area (Å²) in [6, 6.07) is -0.260. The van der Waals surface area contributed by atoms with E-state index in [0.29, 0.717) is 6.54 Å². The third-order valence-electron chi connectivity index (χ3n) is 1.50. The third kappa shape index (κ3) is 6.09. The van der Waals surface area contributed by atoms with Gasteiger partial charge in [-0.05, 0) is 6.92 Å². The van der Waals surface area contributed by atoms with Crippen molar-refractivity contribution in [2.24, 2.45) is 11.5 Å². The second kappa shape index (κ2) is 7.02. The minimum Gasteiger partial charge on any atom is -0.368 e. The molecule has 0 aromatic rings. The normalized spacial score (nSPS) is 12.8. The van der Waals surface area contributed by atoms with Crippen molar-refractivity contribution in [1.29, 1.82) is 0 Å². The molecule has 0 aliphatic carbocycles. The van der Waals surface area contributed by atoms with Crippen molar-refractivity contribution < 1.29 is 4.79 Å². The average molecular weight is 174 g/mol. The highest BCUT2D eigenvalue weighted by Gasteiger charge is 2.05. The fourth-order valence-electron chi connectivity index (χ4n) is 0.705. The summed E-state index contributed by atoms with van der Waals surface area (Å²) in [7, 11) is 0. The van der Waals surface area contributed by atoms with E-state index >= 15 is 0 Å². The molecule has 0 spiro atoms. The van der Waals surface area contributed by atoms with Gasteiger partial charge in [0.2, 0.25) is 5.91 Å². The van der Waals surface area contributed by atoms with Crippen LogP contribution in [0.25, 0.3) is 0 Å². The number of nitrogens with one attached hydrogen (secondary N) is 2. The zero-order valence-corrected chi connectivity index (χ0v) is 7.47. The van der Waals surface area contributed by atoms with Crippen LogP contribution in [0.15, 0.2) is 0 Å². The highest BCUT2D eigenvalue weighted by Crippen LogP contribution is 1.75. The van der Waals surface area contributed by atoms with Crippen LogP contribution in [0.4, 0.5) is 0 Å². The molecule has 1 atom stereocenters. The van der Waals surface area contributed by atoms with E-state index in [4.69, 9.17) is 11.5 Å². The van der Waals surface area contributed by atoms with E-state index in [-0.39, 0.29) is 11.9 Å². The van der Waals surface area contributed by atoms with Crippen LogP contribution in [-0.2, 0) is 4.79 Å². The number of hydrogen-bond acceptors (Lipinski definition) is 4. The van der Waals surface area contributed by atoms with Gasteiger partial charge in [0.25, 0.3) is 0 Å². The molecule has 0 aromatic carbocycles. The number of nitrogens with two attached hydrogens (primary N) is 2. The summed E-state index contributed by atoms with van der Waals surface area (Å²) in [4.78, 5) is 10.5. The van der Waals surface area contributed by atoms with Crippen molar-refractivity contribution in [3.8, 4) is 0 Å². The molecule has 0 saturated heterocycles. The molecular weight excluding hydrogens is 156 g/mol. The van der Waals surface area contributed by atoms with Crippen molar-refractivity contribution in [1.82, 2.24) is 10.6 Å². The highest BCUT2D eigenvalue weighted by molar-refractivity contribution is 5.79. The van der Waals surface area contributed by atoms with E-state index < -0.39 is 0 Å². The smallest absolute Gasteiger partial charge is 0.234 e. The summed E-state index contributed by atoms with van der Waals surface area (Å²) < 4.78 is 0. The third-order valence-corrected chi connectivity index (χ3v) is 1.50. The molecule has 12 heavy (non-hydrogen) atoms. The molecule has 0 fully saturated rings. The summed E-state index contributed by atoms with van der Waals surface area (Å²) >= 11 is 0. The van der Waals surface area contributed by atoms with Crippen molar-refractivity contribution in [2.75, 3.05) is 26.2 Å². The lowest BCUT2D eigenvalue weighted by molar-refractivity contribution is -0.119. The molecule has 0 radical (unpaired) electrons. The van der Waals surface area contributed by atoms with Crippen molar-refractivity contribution in [3.05, 3.63) is 0 Å². The minimum atomic E-state index is -0.325. The molecular formula is C7H18N4O. The Bertz CT molecular complexity index is 129. The molecule has 0 rings (SSSR count). The Hall–Kier alpha value is -0.650. The van der Waals surface area contributed by atoms with E-state index in [1.165, 1.54) is 0 Å². The molecule has 0 heterocycles. The van der Waals surface area contributed by atoms with Gasteiger partial charge in [0.05, 0.1) is 6.04 Å². The first kappa shape index (κ1) is 11.4. The number of hydrogen-bond donors (Lipinski definition) is 4. The molecule has 5 heteroatoms. The van der Waals surface area contributed by atoms with Crippen LogP contribution in [0.1, 0.15) is 6.92 Å². The van der Waals surface area contributed by atoms with Gasteiger partial charge < -0.3 is 22.1 Å². The molecule has 0 aromatic heterocycles. The summed E-state index contributed by atoms with van der Waals surface area (Å²) in [5.41, 5.74) is 10.3. The van der Waals surface area contributed by atoms with Gasteiger partial charge in [0.1, 0.15) is 0 Å². The maximum Gasteiger partial charge on any atom is 0.234 e. The van der Waals surface area contributed by atoms with Crippen LogP contribution in [0, 0.1) is 0 Å². The molecule has 0 aliphatic heterocycles. The van der Waals surface area contributed by atoms with Gasteiger partial charge in [0.15, 0.2) is 0 Å².